The number of fused-ring (bicyclic) bond motifs is 4. The minimum atomic E-state index is -0.963. The summed E-state index contributed by atoms with van der Waals surface area (Å²) in [6.45, 7) is 28.1. The first-order valence-corrected chi connectivity index (χ1v) is 39.5. The first kappa shape index (κ1) is 87.1. The third-order valence-corrected chi connectivity index (χ3v) is 20.5. The van der Waals surface area contributed by atoms with Crippen LogP contribution in [0.3, 0.4) is 0 Å². The lowest BCUT2D eigenvalue weighted by atomic mass is 9.94. The van der Waals surface area contributed by atoms with Gasteiger partial charge in [0.2, 0.25) is 11.8 Å². The molecule has 0 saturated carbocycles. The summed E-state index contributed by atoms with van der Waals surface area (Å²) in [5.41, 5.74) is 6.41. The van der Waals surface area contributed by atoms with Crippen molar-refractivity contribution in [2.75, 3.05) is 26.2 Å². The summed E-state index contributed by atoms with van der Waals surface area (Å²) in [6, 6.07) is 16.1. The Labute approximate surface area is 666 Å². The highest BCUT2D eigenvalue weighted by atomic mass is 19.1. The number of carbonyl (C=O) groups is 9. The lowest BCUT2D eigenvalue weighted by Crippen LogP contribution is -2.51. The zero-order valence-electron chi connectivity index (χ0n) is 68.5. The van der Waals surface area contributed by atoms with E-state index in [2.05, 4.69) is 35.9 Å². The van der Waals surface area contributed by atoms with Gasteiger partial charge in [-0.1, -0.05) is 20.8 Å². The number of alkyl carbamates (subject to hydrolysis) is 1. The quantitative estimate of drug-likeness (QED) is 0.0188. The van der Waals surface area contributed by atoms with E-state index in [0.717, 1.165) is 33.3 Å². The molecule has 0 unspecified atom stereocenters. The molecule has 29 heteroatoms. The van der Waals surface area contributed by atoms with Crippen LogP contribution in [-0.4, -0.2) is 181 Å². The van der Waals surface area contributed by atoms with Gasteiger partial charge in [-0.25, -0.2) is 22.4 Å². The van der Waals surface area contributed by atoms with Crippen LogP contribution in [0, 0.1) is 29.2 Å². The molecule has 0 aliphatic carbocycles. The summed E-state index contributed by atoms with van der Waals surface area (Å²) in [5, 5.41) is 12.7. The van der Waals surface area contributed by atoms with Gasteiger partial charge in [-0.3, -0.25) is 38.4 Å². The SMILES string of the molecule is CC(=O)O[C@@H]1CN[C@H](Cc2c(-c3[nH]c4cc(F)ccc4c3C[C@@H]3C[C@H](OC(C)=O)CN3)[nH]c3cc(F)ccc23)C1.CCC(=O)OC(C)(C)C.CC[C@H](CC(=O)OC(C)(C)C)C(=O)N1C[C@@H](OC(C)=O)C[C@H]1Cc1c(-c2[nH]c3cc(F)ccc3c2C[C@@H]2C[C@H](OC(C)=O)CN2C(=O)[C@H](CC)NC(=O)OC(C)(C)C)[nH]c2cc(F)ccc12. The molecule has 4 aliphatic rings. The van der Waals surface area contributed by atoms with E-state index in [0.29, 0.717) is 107 Å². The molecule has 622 valence electrons. The number of H-pyrrole nitrogens is 4. The number of nitrogens with zero attached hydrogens (tertiary/aromatic N) is 2. The molecule has 0 spiro atoms. The number of rotatable bonds is 22. The van der Waals surface area contributed by atoms with Crippen LogP contribution in [0.4, 0.5) is 22.4 Å². The van der Waals surface area contributed by atoms with Gasteiger partial charge in [0.05, 0.1) is 42.3 Å². The van der Waals surface area contributed by atoms with Crippen LogP contribution in [0.25, 0.3) is 66.4 Å². The standard InChI is InChI=1S/C49H63F2N5O10.C30H32F2N4O4.C7H14O2/c1-11-28(17-42(59)65-48(5,6)7)45(60)55-24-33(63-26(3)57)20-31(55)22-37-35-15-13-29(50)18-40(35)52-43(37)44-38(36-16-14-30(51)19-41(36)53-44)23-32-21-34(64-27(4)58)25-56(32)46(61)39(12-2)54-47(62)66-49(8,9)10;1-15(37)39-21-9-19(33-13-21)11-25-23-5-3-17(31)7-27(23)35-29(25)30-26(24-6-4-18(32)8-28(24)36-30)12-20-10-22(14-34-20)40-16(2)38;1-5-6(8)9-7(2,3)4/h13-16,18-19,28,31-34,39,52-53H,11-12,17,20-25H2,1-10H3,(H,54,62);3-8,19-22,33-36H,9-14H2,1-2H3;5H2,1-4H3/t28-,31+,32+,33+,34+,39+;19-,20-,21-,22-;/m10./s1. The Morgan fingerprint density at radius 3 is 1.08 bits per heavy atom. The highest BCUT2D eigenvalue weighted by Crippen LogP contribution is 2.43. The second-order valence-electron chi connectivity index (χ2n) is 33.3. The van der Waals surface area contributed by atoms with Gasteiger partial charge in [0.25, 0.3) is 0 Å². The summed E-state index contributed by atoms with van der Waals surface area (Å²) in [7, 11) is 0. The minimum Gasteiger partial charge on any atom is -0.461 e. The topological polar surface area (TPSA) is 324 Å². The fourth-order valence-electron chi connectivity index (χ4n) is 16.0. The normalized spacial score (nSPS) is 20.1. The van der Waals surface area contributed by atoms with Crippen molar-refractivity contribution >= 4 is 97.3 Å². The van der Waals surface area contributed by atoms with Crippen molar-refractivity contribution in [1.29, 1.82) is 0 Å². The number of hydrogen-bond donors (Lipinski definition) is 7. The van der Waals surface area contributed by atoms with Gasteiger partial charge < -0.3 is 78.8 Å². The first-order valence-electron chi connectivity index (χ1n) is 39.5. The number of nitrogens with one attached hydrogen (secondary N) is 7. The first-order chi connectivity index (χ1) is 54.1. The van der Waals surface area contributed by atoms with Crippen molar-refractivity contribution in [2.24, 2.45) is 5.92 Å². The molecular weight excluding hydrogens is 1490 g/mol. The zero-order chi connectivity index (χ0) is 83.9. The van der Waals surface area contributed by atoms with Crippen molar-refractivity contribution in [1.82, 2.24) is 45.7 Å². The molecule has 12 rings (SSSR count). The largest absolute Gasteiger partial charge is 0.461 e. The van der Waals surface area contributed by atoms with Gasteiger partial charge in [-0.05, 0) is 196 Å². The molecule has 3 amide bonds. The highest BCUT2D eigenvalue weighted by Gasteiger charge is 2.44. The number of likely N-dealkylation sites (tertiary alicyclic amines) is 2. The van der Waals surface area contributed by atoms with Crippen LogP contribution in [0.2, 0.25) is 0 Å². The monoisotopic (exact) mass is 1600 g/mol. The molecule has 115 heavy (non-hydrogen) atoms. The van der Waals surface area contributed by atoms with Crippen molar-refractivity contribution in [3.05, 3.63) is 118 Å². The lowest BCUT2D eigenvalue weighted by Gasteiger charge is -2.30. The van der Waals surface area contributed by atoms with Gasteiger partial charge >= 0.3 is 41.9 Å². The Hall–Kier alpha value is -10.3. The van der Waals surface area contributed by atoms with Gasteiger partial charge in [-0.15, -0.1) is 0 Å². The lowest BCUT2D eigenvalue weighted by molar-refractivity contribution is -0.159. The summed E-state index contributed by atoms with van der Waals surface area (Å²) in [4.78, 5) is 130. The Balaban J connectivity index is 0.000000239. The highest BCUT2D eigenvalue weighted by molar-refractivity contribution is 5.98. The second kappa shape index (κ2) is 36.7. The molecule has 10 atom stereocenters. The third-order valence-electron chi connectivity index (χ3n) is 20.5. The molecule has 7 N–H and O–H groups in total. The zero-order valence-corrected chi connectivity index (χ0v) is 68.5. The van der Waals surface area contributed by atoms with E-state index in [1.54, 1.807) is 89.5 Å². The van der Waals surface area contributed by atoms with Gasteiger partial charge in [0, 0.05) is 147 Å². The Kier molecular flexibility index (Phi) is 27.8. The molecule has 8 heterocycles. The third kappa shape index (κ3) is 22.8. The van der Waals surface area contributed by atoms with E-state index in [1.807, 2.05) is 27.7 Å². The Morgan fingerprint density at radius 2 is 0.765 bits per heavy atom. The summed E-state index contributed by atoms with van der Waals surface area (Å²) in [5.74, 6) is -5.37. The van der Waals surface area contributed by atoms with E-state index < -0.39 is 89.0 Å². The van der Waals surface area contributed by atoms with E-state index in [1.165, 1.54) is 76.2 Å². The van der Waals surface area contributed by atoms with Crippen LogP contribution in [0.15, 0.2) is 72.8 Å². The summed E-state index contributed by atoms with van der Waals surface area (Å²) >= 11 is 0. The molecular formula is C86H109F4N9O16. The van der Waals surface area contributed by atoms with Crippen LogP contribution < -0.4 is 16.0 Å². The van der Waals surface area contributed by atoms with Crippen molar-refractivity contribution < 1.29 is 93.9 Å². The van der Waals surface area contributed by atoms with Crippen LogP contribution >= 0.6 is 0 Å². The number of carbonyl (C=O) groups excluding carboxylic acids is 9. The molecule has 8 aromatic rings. The molecule has 4 aliphatic heterocycles. The molecule has 25 nitrogen and oxygen atoms in total. The fourth-order valence-corrected chi connectivity index (χ4v) is 16.0. The van der Waals surface area contributed by atoms with Gasteiger partial charge in [0.15, 0.2) is 0 Å². The molecule has 4 aromatic heterocycles. The molecule has 4 fully saturated rings. The number of benzene rings is 4. The Bertz CT molecular complexity index is 4620. The van der Waals surface area contributed by atoms with Crippen LogP contribution in [0.5, 0.6) is 0 Å². The Morgan fingerprint density at radius 1 is 0.435 bits per heavy atom. The van der Waals surface area contributed by atoms with Crippen LogP contribution in [0.1, 0.15) is 184 Å². The van der Waals surface area contributed by atoms with Crippen LogP contribution in [-0.2, 0) is 97.2 Å². The van der Waals surface area contributed by atoms with E-state index >= 15 is 8.78 Å². The number of esters is 6. The predicted molar refractivity (Wildman–Crippen MR) is 425 cm³/mol. The van der Waals surface area contributed by atoms with Gasteiger partial charge in [-0.2, -0.15) is 0 Å². The number of halogens is 4. The summed E-state index contributed by atoms with van der Waals surface area (Å²) < 4.78 is 96.7. The van der Waals surface area contributed by atoms with E-state index in [9.17, 15) is 51.9 Å². The smallest absolute Gasteiger partial charge is 0.408 e. The minimum absolute atomic E-state index is 0.0541. The predicted octanol–water partition coefficient (Wildman–Crippen LogP) is 13.8. The van der Waals surface area contributed by atoms with Gasteiger partial charge in [0.1, 0.15) is 70.5 Å². The molecule has 4 saturated heterocycles. The molecule has 0 bridgehead atoms. The molecule has 0 radical (unpaired) electrons. The number of ether oxygens (including phenoxy) is 7. The van der Waals surface area contributed by atoms with Crippen molar-refractivity contribution in [3.63, 3.8) is 0 Å². The maximum absolute atomic E-state index is 15.0. The summed E-state index contributed by atoms with van der Waals surface area (Å²) in [6.07, 6.45) is 1.95. The van der Waals surface area contributed by atoms with Crippen molar-refractivity contribution in [2.45, 2.75) is 259 Å². The molecule has 4 aromatic carbocycles. The number of amides is 3. The maximum Gasteiger partial charge on any atom is 0.408 e. The number of hydrogen-bond acceptors (Lipinski definition) is 18. The second-order valence-corrected chi connectivity index (χ2v) is 33.3. The number of aromatic nitrogens is 4. The fraction of sp³-hybridized carbons (Fsp3) is 0.523. The van der Waals surface area contributed by atoms with E-state index in [4.69, 9.17) is 33.2 Å². The van der Waals surface area contributed by atoms with E-state index in [-0.39, 0.29) is 117 Å². The average Bonchev–Trinajstić information content (AvgIpc) is 1.60. The maximum atomic E-state index is 15.0. The average molecular weight is 1600 g/mol. The van der Waals surface area contributed by atoms with Crippen molar-refractivity contribution in [3.8, 4) is 22.8 Å². The number of aromatic amines is 4.